The van der Waals surface area contributed by atoms with Crippen LogP contribution >= 0.6 is 0 Å². The second-order valence-corrected chi connectivity index (χ2v) is 10.5. The van der Waals surface area contributed by atoms with Gasteiger partial charge in [-0.1, -0.05) is 63.8 Å². The van der Waals surface area contributed by atoms with Crippen LogP contribution in [0.15, 0.2) is 24.3 Å². The maximum atomic E-state index is 11.9. The van der Waals surface area contributed by atoms with Crippen molar-refractivity contribution in [3.05, 3.63) is 24.3 Å². The topological polar surface area (TPSA) is 71.1 Å². The van der Waals surface area contributed by atoms with E-state index in [0.717, 1.165) is 45.1 Å². The molecule has 0 amide bonds. The van der Waals surface area contributed by atoms with E-state index < -0.39 is 0 Å². The second-order valence-electron chi connectivity index (χ2n) is 10.5. The van der Waals surface area contributed by atoms with Gasteiger partial charge in [-0.2, -0.15) is 0 Å². The number of ether oxygens (including phenoxy) is 4. The van der Waals surface area contributed by atoms with E-state index in [1.165, 1.54) is 46.1 Å². The van der Waals surface area contributed by atoms with E-state index in [9.17, 15) is 9.59 Å². The number of rotatable bonds is 16. The zero-order chi connectivity index (χ0) is 26.2. The van der Waals surface area contributed by atoms with Crippen LogP contribution < -0.4 is 0 Å². The summed E-state index contributed by atoms with van der Waals surface area (Å²) in [4.78, 5) is 23.3. The molecule has 0 aromatic heterocycles. The van der Waals surface area contributed by atoms with E-state index >= 15 is 0 Å². The number of carbonyl (C=O) groups excluding carboxylic acids is 2. The van der Waals surface area contributed by atoms with Gasteiger partial charge < -0.3 is 18.9 Å². The lowest BCUT2D eigenvalue weighted by atomic mass is 9.88. The van der Waals surface area contributed by atoms with Crippen molar-refractivity contribution in [1.82, 2.24) is 0 Å². The van der Waals surface area contributed by atoms with Gasteiger partial charge in [0.25, 0.3) is 0 Å². The predicted molar refractivity (Wildman–Crippen MR) is 142 cm³/mol. The first-order chi connectivity index (χ1) is 17.4. The molecule has 0 radical (unpaired) electrons. The third-order valence-corrected chi connectivity index (χ3v) is 7.38. The van der Waals surface area contributed by atoms with Crippen LogP contribution in [0.2, 0.25) is 0 Å². The van der Waals surface area contributed by atoms with Crippen molar-refractivity contribution >= 4 is 11.9 Å². The highest BCUT2D eigenvalue weighted by atomic mass is 16.7. The normalized spacial score (nSPS) is 27.5. The molecule has 1 aliphatic heterocycles. The molecule has 36 heavy (non-hydrogen) atoms. The number of hydrogen-bond donors (Lipinski definition) is 0. The molecule has 2 aliphatic rings. The minimum absolute atomic E-state index is 0.0290. The Morgan fingerprint density at radius 2 is 1.92 bits per heavy atom. The third-order valence-electron chi connectivity index (χ3n) is 7.38. The van der Waals surface area contributed by atoms with Crippen molar-refractivity contribution in [3.8, 4) is 0 Å². The van der Waals surface area contributed by atoms with Crippen LogP contribution in [0, 0.1) is 17.8 Å². The lowest BCUT2D eigenvalue weighted by Crippen LogP contribution is -2.30. The molecule has 0 spiro atoms. The Hall–Kier alpha value is -1.66. The summed E-state index contributed by atoms with van der Waals surface area (Å²) in [6.45, 7) is 6.77. The van der Waals surface area contributed by atoms with Gasteiger partial charge >= 0.3 is 11.9 Å². The Morgan fingerprint density at radius 1 is 1.08 bits per heavy atom. The van der Waals surface area contributed by atoms with Crippen LogP contribution in [0.1, 0.15) is 104 Å². The van der Waals surface area contributed by atoms with Gasteiger partial charge in [-0.3, -0.25) is 9.59 Å². The quantitative estimate of drug-likeness (QED) is 0.129. The molecule has 0 aromatic rings. The maximum Gasteiger partial charge on any atom is 0.305 e. The van der Waals surface area contributed by atoms with Crippen LogP contribution in [0.4, 0.5) is 0 Å². The summed E-state index contributed by atoms with van der Waals surface area (Å²) >= 11 is 0. The Bertz CT molecular complexity index is 681. The molecule has 1 heterocycles. The fourth-order valence-electron chi connectivity index (χ4n) is 5.31. The van der Waals surface area contributed by atoms with E-state index in [-0.39, 0.29) is 42.3 Å². The molecule has 0 N–H and O–H groups in total. The number of carbonyl (C=O) groups is 2. The highest BCUT2D eigenvalue weighted by Gasteiger charge is 2.45. The first-order valence-electron chi connectivity index (χ1n) is 14.3. The second kappa shape index (κ2) is 17.7. The van der Waals surface area contributed by atoms with Gasteiger partial charge in [-0.15, -0.1) is 0 Å². The SMILES string of the molecule is CCCCCC[C@H](C)/C=C/[C@@H]1[C@@H](C/C=C\CCCC(=O)OC)[C@@H](OC(C)=O)C[C@H]1OC1CCCCO1. The summed E-state index contributed by atoms with van der Waals surface area (Å²) in [6.07, 6.45) is 21.6. The van der Waals surface area contributed by atoms with Gasteiger partial charge in [0.2, 0.25) is 0 Å². The lowest BCUT2D eigenvalue weighted by Gasteiger charge is -2.29. The summed E-state index contributed by atoms with van der Waals surface area (Å²) in [5.41, 5.74) is 0. The Balaban J connectivity index is 2.08. The Kier molecular flexibility index (Phi) is 15.1. The van der Waals surface area contributed by atoms with E-state index in [2.05, 4.69) is 38.2 Å². The number of hydrogen-bond acceptors (Lipinski definition) is 6. The summed E-state index contributed by atoms with van der Waals surface area (Å²) in [6, 6.07) is 0. The zero-order valence-corrected chi connectivity index (χ0v) is 23.1. The molecule has 2 fully saturated rings. The Labute approximate surface area is 219 Å². The third kappa shape index (κ3) is 11.6. The minimum atomic E-state index is -0.242. The lowest BCUT2D eigenvalue weighted by molar-refractivity contribution is -0.193. The van der Waals surface area contributed by atoms with Crippen molar-refractivity contribution in [2.24, 2.45) is 17.8 Å². The number of esters is 2. The van der Waals surface area contributed by atoms with E-state index in [0.29, 0.717) is 18.8 Å². The summed E-state index contributed by atoms with van der Waals surface area (Å²) in [5, 5.41) is 0. The number of allylic oxidation sites excluding steroid dienone is 3. The largest absolute Gasteiger partial charge is 0.469 e. The van der Waals surface area contributed by atoms with Crippen LogP contribution in [0.3, 0.4) is 0 Å². The van der Waals surface area contributed by atoms with Crippen molar-refractivity contribution in [2.45, 2.75) is 123 Å². The van der Waals surface area contributed by atoms with Crippen molar-refractivity contribution in [2.75, 3.05) is 13.7 Å². The molecule has 6 heteroatoms. The molecule has 1 aliphatic carbocycles. The van der Waals surface area contributed by atoms with E-state index in [1.54, 1.807) is 0 Å². The molecule has 2 rings (SSSR count). The average Bonchev–Trinajstić information content (AvgIpc) is 3.17. The van der Waals surface area contributed by atoms with Gasteiger partial charge in [0.05, 0.1) is 13.2 Å². The molecule has 0 bridgehead atoms. The van der Waals surface area contributed by atoms with Crippen LogP contribution in [0.25, 0.3) is 0 Å². The van der Waals surface area contributed by atoms with Crippen LogP contribution in [-0.4, -0.2) is 44.2 Å². The highest BCUT2D eigenvalue weighted by Crippen LogP contribution is 2.41. The van der Waals surface area contributed by atoms with E-state index in [4.69, 9.17) is 18.9 Å². The predicted octanol–water partition coefficient (Wildman–Crippen LogP) is 6.92. The molecule has 1 unspecified atom stereocenters. The fourth-order valence-corrected chi connectivity index (χ4v) is 5.31. The van der Waals surface area contributed by atoms with Gasteiger partial charge in [0.1, 0.15) is 6.10 Å². The van der Waals surface area contributed by atoms with Crippen molar-refractivity contribution < 1.29 is 28.5 Å². The molecule has 0 aromatic carbocycles. The zero-order valence-electron chi connectivity index (χ0n) is 23.1. The highest BCUT2D eigenvalue weighted by molar-refractivity contribution is 5.69. The van der Waals surface area contributed by atoms with Gasteiger partial charge in [-0.25, -0.2) is 0 Å². The minimum Gasteiger partial charge on any atom is -0.469 e. The van der Waals surface area contributed by atoms with Gasteiger partial charge in [0.15, 0.2) is 6.29 Å². The Morgan fingerprint density at radius 3 is 2.61 bits per heavy atom. The molecule has 6 nitrogen and oxygen atoms in total. The molecule has 206 valence electrons. The summed E-state index contributed by atoms with van der Waals surface area (Å²) in [7, 11) is 1.42. The molecule has 6 atom stereocenters. The summed E-state index contributed by atoms with van der Waals surface area (Å²) < 4.78 is 22.9. The van der Waals surface area contributed by atoms with Gasteiger partial charge in [0, 0.05) is 38.2 Å². The standard InChI is InChI=1S/C30H50O6/c1-5-6-7-10-15-23(2)19-20-26-25(16-11-8-9-12-17-29(32)33-4)27(35-24(3)31)22-28(26)36-30-18-13-14-21-34-30/h8,11,19-20,23,25-28,30H,5-7,9-10,12-18,21-22H2,1-4H3/b11-8-,20-19+/t23-,25+,26+,27-,28+,30?/m0/s1. The monoisotopic (exact) mass is 506 g/mol. The molecular formula is C30H50O6. The molecular weight excluding hydrogens is 456 g/mol. The van der Waals surface area contributed by atoms with Crippen molar-refractivity contribution in [3.63, 3.8) is 0 Å². The smallest absolute Gasteiger partial charge is 0.305 e. The maximum absolute atomic E-state index is 11.9. The fraction of sp³-hybridized carbons (Fsp3) is 0.800. The van der Waals surface area contributed by atoms with E-state index in [1.807, 2.05) is 0 Å². The van der Waals surface area contributed by atoms with Crippen LogP contribution in [-0.2, 0) is 28.5 Å². The number of unbranched alkanes of at least 4 members (excludes halogenated alkanes) is 4. The van der Waals surface area contributed by atoms with Crippen LogP contribution in [0.5, 0.6) is 0 Å². The first kappa shape index (κ1) is 30.6. The number of methoxy groups -OCH3 is 1. The van der Waals surface area contributed by atoms with Crippen molar-refractivity contribution in [1.29, 1.82) is 0 Å². The first-order valence-corrected chi connectivity index (χ1v) is 14.3. The summed E-state index contributed by atoms with van der Waals surface area (Å²) in [5.74, 6) is 0.415. The van der Waals surface area contributed by atoms with Gasteiger partial charge in [-0.05, 0) is 50.9 Å². The molecule has 1 saturated carbocycles. The average molecular weight is 507 g/mol. The molecule has 1 saturated heterocycles.